The van der Waals surface area contributed by atoms with Gasteiger partial charge in [-0.15, -0.1) is 0 Å². The van der Waals surface area contributed by atoms with E-state index in [9.17, 15) is 0 Å². The summed E-state index contributed by atoms with van der Waals surface area (Å²) in [5.41, 5.74) is 5.77. The van der Waals surface area contributed by atoms with Crippen LogP contribution in [0.15, 0.2) is 0 Å². The molecule has 2 nitrogen and oxygen atoms in total. The third-order valence-corrected chi connectivity index (χ3v) is 6.06. The van der Waals surface area contributed by atoms with E-state index in [0.717, 1.165) is 23.6 Å². The molecule has 0 aromatic heterocycles. The molecular weight excluding hydrogens is 240 g/mol. The average molecular weight is 270 g/mol. The van der Waals surface area contributed by atoms with Crippen LogP contribution in [0.3, 0.4) is 0 Å². The van der Waals surface area contributed by atoms with E-state index in [-0.39, 0.29) is 0 Å². The van der Waals surface area contributed by atoms with Crippen molar-refractivity contribution >= 4 is 11.8 Å². The van der Waals surface area contributed by atoms with Gasteiger partial charge in [-0.25, -0.2) is 0 Å². The molecule has 1 saturated heterocycles. The number of nitrogens with two attached hydrogens (primary N) is 1. The fraction of sp³-hybridized carbons (Fsp3) is 1.00. The Morgan fingerprint density at radius 2 is 1.72 bits per heavy atom. The lowest BCUT2D eigenvalue weighted by atomic mass is 9.82. The molecule has 1 aliphatic carbocycles. The lowest BCUT2D eigenvalue weighted by Gasteiger charge is -2.32. The first-order chi connectivity index (χ1) is 8.81. The first-order valence-corrected chi connectivity index (χ1v) is 9.05. The van der Waals surface area contributed by atoms with Crippen molar-refractivity contribution in [1.29, 1.82) is 0 Å². The SMILES string of the molecule is CSC1CCCN(CC2CCC(CN)CC2)CC1. The van der Waals surface area contributed by atoms with E-state index in [0.29, 0.717) is 0 Å². The quantitative estimate of drug-likeness (QED) is 0.851. The first kappa shape index (κ1) is 14.7. The van der Waals surface area contributed by atoms with Crippen LogP contribution < -0.4 is 5.73 Å². The predicted molar refractivity (Wildman–Crippen MR) is 82.1 cm³/mol. The van der Waals surface area contributed by atoms with Gasteiger partial charge >= 0.3 is 0 Å². The lowest BCUT2D eigenvalue weighted by Crippen LogP contribution is -2.33. The van der Waals surface area contributed by atoms with E-state index < -0.39 is 0 Å². The topological polar surface area (TPSA) is 29.3 Å². The summed E-state index contributed by atoms with van der Waals surface area (Å²) in [5, 5.41) is 0.919. The summed E-state index contributed by atoms with van der Waals surface area (Å²) in [4.78, 5) is 2.74. The highest BCUT2D eigenvalue weighted by atomic mass is 32.2. The first-order valence-electron chi connectivity index (χ1n) is 7.77. The van der Waals surface area contributed by atoms with Crippen molar-refractivity contribution in [3.8, 4) is 0 Å². The summed E-state index contributed by atoms with van der Waals surface area (Å²) in [7, 11) is 0. The second-order valence-electron chi connectivity index (χ2n) is 6.21. The number of thioether (sulfide) groups is 1. The van der Waals surface area contributed by atoms with Gasteiger partial charge in [0.05, 0.1) is 0 Å². The zero-order chi connectivity index (χ0) is 12.8. The van der Waals surface area contributed by atoms with Crippen molar-refractivity contribution in [2.75, 3.05) is 32.4 Å². The molecule has 0 aromatic rings. The Morgan fingerprint density at radius 1 is 1.00 bits per heavy atom. The minimum Gasteiger partial charge on any atom is -0.330 e. The zero-order valence-electron chi connectivity index (χ0n) is 11.9. The van der Waals surface area contributed by atoms with Crippen LogP contribution in [0.4, 0.5) is 0 Å². The largest absolute Gasteiger partial charge is 0.330 e. The second kappa shape index (κ2) is 7.76. The molecule has 0 spiro atoms. The highest BCUT2D eigenvalue weighted by molar-refractivity contribution is 7.99. The molecule has 0 radical (unpaired) electrons. The van der Waals surface area contributed by atoms with Crippen LogP contribution in [-0.2, 0) is 0 Å². The summed E-state index contributed by atoms with van der Waals surface area (Å²) in [6.07, 6.45) is 12.1. The molecule has 1 saturated carbocycles. The van der Waals surface area contributed by atoms with E-state index in [1.54, 1.807) is 0 Å². The van der Waals surface area contributed by atoms with Gasteiger partial charge in [0.15, 0.2) is 0 Å². The van der Waals surface area contributed by atoms with Crippen molar-refractivity contribution in [1.82, 2.24) is 4.90 Å². The van der Waals surface area contributed by atoms with E-state index in [2.05, 4.69) is 22.9 Å². The van der Waals surface area contributed by atoms with Gasteiger partial charge in [-0.2, -0.15) is 11.8 Å². The average Bonchev–Trinajstić information content (AvgIpc) is 2.65. The summed E-state index contributed by atoms with van der Waals surface area (Å²) in [6.45, 7) is 4.94. The van der Waals surface area contributed by atoms with E-state index in [4.69, 9.17) is 5.73 Å². The molecule has 2 N–H and O–H groups in total. The minimum atomic E-state index is 0.825. The van der Waals surface area contributed by atoms with E-state index in [1.165, 1.54) is 64.6 Å². The Morgan fingerprint density at radius 3 is 2.39 bits per heavy atom. The zero-order valence-corrected chi connectivity index (χ0v) is 12.8. The van der Waals surface area contributed by atoms with Gasteiger partial charge in [0.1, 0.15) is 0 Å². The summed E-state index contributed by atoms with van der Waals surface area (Å²) < 4.78 is 0. The Kier molecular flexibility index (Phi) is 6.33. The van der Waals surface area contributed by atoms with Crippen LogP contribution in [0, 0.1) is 11.8 Å². The summed E-state index contributed by atoms with van der Waals surface area (Å²) in [5.74, 6) is 1.78. The molecule has 2 aliphatic rings. The van der Waals surface area contributed by atoms with Gasteiger partial charge in [-0.3, -0.25) is 0 Å². The maximum absolute atomic E-state index is 5.77. The third kappa shape index (κ3) is 4.43. The monoisotopic (exact) mass is 270 g/mol. The van der Waals surface area contributed by atoms with Crippen LogP contribution in [-0.4, -0.2) is 42.6 Å². The Bertz CT molecular complexity index is 227. The van der Waals surface area contributed by atoms with Gasteiger partial charge in [0, 0.05) is 11.8 Å². The van der Waals surface area contributed by atoms with Crippen LogP contribution in [0.25, 0.3) is 0 Å². The molecule has 18 heavy (non-hydrogen) atoms. The smallest absolute Gasteiger partial charge is 0.00569 e. The molecule has 106 valence electrons. The van der Waals surface area contributed by atoms with Crippen LogP contribution >= 0.6 is 11.8 Å². The van der Waals surface area contributed by atoms with Crippen LogP contribution in [0.5, 0.6) is 0 Å². The standard InChI is InChI=1S/C15H30N2S/c1-18-15-3-2-9-17(10-8-15)12-14-6-4-13(11-16)5-7-14/h13-15H,2-12,16H2,1H3. The van der Waals surface area contributed by atoms with E-state index >= 15 is 0 Å². The summed E-state index contributed by atoms with van der Waals surface area (Å²) >= 11 is 2.07. The Hall–Kier alpha value is 0.270. The fourth-order valence-corrected chi connectivity index (χ4v) is 4.30. The molecule has 2 rings (SSSR count). The molecule has 0 amide bonds. The molecule has 1 atom stereocenters. The lowest BCUT2D eigenvalue weighted by molar-refractivity contribution is 0.186. The minimum absolute atomic E-state index is 0.825. The molecule has 1 aliphatic heterocycles. The highest BCUT2D eigenvalue weighted by Gasteiger charge is 2.23. The van der Waals surface area contributed by atoms with Crippen LogP contribution in [0.1, 0.15) is 44.9 Å². The van der Waals surface area contributed by atoms with Crippen molar-refractivity contribution < 1.29 is 0 Å². The molecule has 0 aromatic carbocycles. The van der Waals surface area contributed by atoms with Crippen molar-refractivity contribution in [2.45, 2.75) is 50.2 Å². The van der Waals surface area contributed by atoms with E-state index in [1.807, 2.05) is 0 Å². The molecule has 3 heteroatoms. The van der Waals surface area contributed by atoms with Gasteiger partial charge in [0.2, 0.25) is 0 Å². The molecule has 0 bridgehead atoms. The molecule has 1 heterocycles. The van der Waals surface area contributed by atoms with Gasteiger partial charge in [-0.05, 0) is 82.7 Å². The van der Waals surface area contributed by atoms with Crippen molar-refractivity contribution in [2.24, 2.45) is 17.6 Å². The summed E-state index contributed by atoms with van der Waals surface area (Å²) in [6, 6.07) is 0. The van der Waals surface area contributed by atoms with Crippen molar-refractivity contribution in [3.63, 3.8) is 0 Å². The number of hydrogen-bond donors (Lipinski definition) is 1. The third-order valence-electron chi connectivity index (χ3n) is 4.92. The maximum atomic E-state index is 5.77. The van der Waals surface area contributed by atoms with Crippen molar-refractivity contribution in [3.05, 3.63) is 0 Å². The van der Waals surface area contributed by atoms with Gasteiger partial charge in [0.25, 0.3) is 0 Å². The highest BCUT2D eigenvalue weighted by Crippen LogP contribution is 2.29. The number of likely N-dealkylation sites (tertiary alicyclic amines) is 1. The van der Waals surface area contributed by atoms with Gasteiger partial charge < -0.3 is 10.6 Å². The number of hydrogen-bond acceptors (Lipinski definition) is 3. The predicted octanol–water partition coefficient (Wildman–Crippen LogP) is 2.97. The number of nitrogens with zero attached hydrogens (tertiary/aromatic N) is 1. The van der Waals surface area contributed by atoms with Gasteiger partial charge in [-0.1, -0.05) is 0 Å². The molecular formula is C15H30N2S. The number of rotatable bonds is 4. The fourth-order valence-electron chi connectivity index (χ4n) is 3.56. The maximum Gasteiger partial charge on any atom is 0.00569 e. The Balaban J connectivity index is 1.70. The normalized spacial score (nSPS) is 35.3. The second-order valence-corrected chi connectivity index (χ2v) is 7.35. The van der Waals surface area contributed by atoms with Crippen LogP contribution in [0.2, 0.25) is 0 Å². The Labute approximate surface area is 117 Å². The molecule has 1 unspecified atom stereocenters. The molecule has 2 fully saturated rings.